The lowest BCUT2D eigenvalue weighted by molar-refractivity contribution is 0.101. The summed E-state index contributed by atoms with van der Waals surface area (Å²) in [6.45, 7) is 3.83. The van der Waals surface area contributed by atoms with Crippen LogP contribution in [0.2, 0.25) is 0 Å². The summed E-state index contributed by atoms with van der Waals surface area (Å²) in [6.07, 6.45) is 1.71. The van der Waals surface area contributed by atoms with E-state index in [2.05, 4.69) is 12.2 Å². The molecule has 2 N–H and O–H groups in total. The minimum absolute atomic E-state index is 0.0777. The van der Waals surface area contributed by atoms with Crippen LogP contribution >= 0.6 is 0 Å². The van der Waals surface area contributed by atoms with Crippen molar-refractivity contribution in [3.63, 3.8) is 0 Å². The van der Waals surface area contributed by atoms with E-state index in [1.807, 2.05) is 24.3 Å². The molecule has 0 aromatic heterocycles. The van der Waals surface area contributed by atoms with Gasteiger partial charge in [-0.15, -0.1) is 0 Å². The van der Waals surface area contributed by atoms with Crippen molar-refractivity contribution in [1.29, 1.82) is 0 Å². The van der Waals surface area contributed by atoms with E-state index in [0.717, 1.165) is 24.1 Å². The summed E-state index contributed by atoms with van der Waals surface area (Å²) in [5.41, 5.74) is 1.71. The van der Waals surface area contributed by atoms with Gasteiger partial charge in [0.15, 0.2) is 5.78 Å². The number of hydrogen-bond acceptors (Lipinski definition) is 3. The molecule has 88 valence electrons. The minimum Gasteiger partial charge on any atom is -0.396 e. The zero-order valence-electron chi connectivity index (χ0n) is 9.86. The van der Waals surface area contributed by atoms with Gasteiger partial charge in [-0.1, -0.05) is 6.92 Å². The highest BCUT2D eigenvalue weighted by molar-refractivity contribution is 5.94. The van der Waals surface area contributed by atoms with Crippen molar-refractivity contribution in [3.8, 4) is 0 Å². The third-order valence-corrected chi connectivity index (χ3v) is 2.63. The molecule has 16 heavy (non-hydrogen) atoms. The number of aliphatic hydroxyl groups is 1. The summed E-state index contributed by atoms with van der Waals surface area (Å²) >= 11 is 0. The molecule has 1 unspecified atom stereocenters. The van der Waals surface area contributed by atoms with E-state index in [4.69, 9.17) is 5.11 Å². The van der Waals surface area contributed by atoms with Crippen molar-refractivity contribution in [3.05, 3.63) is 29.8 Å². The maximum absolute atomic E-state index is 11.1. The molecule has 0 aliphatic rings. The van der Waals surface area contributed by atoms with Gasteiger partial charge in [-0.2, -0.15) is 0 Å². The molecular formula is C13H19NO2. The van der Waals surface area contributed by atoms with Gasteiger partial charge in [-0.3, -0.25) is 4.79 Å². The quantitative estimate of drug-likeness (QED) is 0.725. The van der Waals surface area contributed by atoms with Crippen molar-refractivity contribution in [2.24, 2.45) is 0 Å². The van der Waals surface area contributed by atoms with Gasteiger partial charge in [0.2, 0.25) is 0 Å². The Morgan fingerprint density at radius 2 is 2.00 bits per heavy atom. The molecule has 0 saturated heterocycles. The zero-order chi connectivity index (χ0) is 12.0. The molecule has 1 atom stereocenters. The predicted molar refractivity (Wildman–Crippen MR) is 65.9 cm³/mol. The largest absolute Gasteiger partial charge is 0.396 e. The lowest BCUT2D eigenvalue weighted by Gasteiger charge is -2.17. The maximum atomic E-state index is 11.1. The van der Waals surface area contributed by atoms with Gasteiger partial charge < -0.3 is 10.4 Å². The third kappa shape index (κ3) is 3.66. The lowest BCUT2D eigenvalue weighted by Crippen LogP contribution is -2.19. The summed E-state index contributed by atoms with van der Waals surface area (Å²) in [5, 5.41) is 12.2. The van der Waals surface area contributed by atoms with Crippen molar-refractivity contribution in [2.75, 3.05) is 11.9 Å². The Morgan fingerprint density at radius 1 is 1.38 bits per heavy atom. The Balaban J connectivity index is 2.63. The number of hydrogen-bond donors (Lipinski definition) is 2. The molecule has 3 heteroatoms. The van der Waals surface area contributed by atoms with E-state index in [1.54, 1.807) is 6.92 Å². The number of benzene rings is 1. The van der Waals surface area contributed by atoms with Crippen LogP contribution in [0.25, 0.3) is 0 Å². The zero-order valence-corrected chi connectivity index (χ0v) is 9.86. The minimum atomic E-state index is 0.0777. The highest BCUT2D eigenvalue weighted by atomic mass is 16.3. The molecule has 1 rings (SSSR count). The molecule has 0 heterocycles. The van der Waals surface area contributed by atoms with E-state index >= 15 is 0 Å². The second-order valence-corrected chi connectivity index (χ2v) is 3.90. The molecule has 0 amide bonds. The van der Waals surface area contributed by atoms with Gasteiger partial charge in [0.1, 0.15) is 0 Å². The number of anilines is 1. The molecule has 1 aromatic rings. The van der Waals surface area contributed by atoms with Gasteiger partial charge in [0, 0.05) is 23.9 Å². The number of carbonyl (C=O) groups is 1. The fourth-order valence-corrected chi connectivity index (χ4v) is 1.57. The average molecular weight is 221 g/mol. The van der Waals surface area contributed by atoms with Crippen molar-refractivity contribution < 1.29 is 9.90 Å². The number of aliphatic hydroxyl groups excluding tert-OH is 1. The summed E-state index contributed by atoms with van der Waals surface area (Å²) in [4.78, 5) is 11.1. The van der Waals surface area contributed by atoms with Crippen LogP contribution in [0.3, 0.4) is 0 Å². The molecule has 0 saturated carbocycles. The molecule has 0 aliphatic heterocycles. The summed E-state index contributed by atoms with van der Waals surface area (Å²) < 4.78 is 0. The Hall–Kier alpha value is -1.35. The Kier molecular flexibility index (Phi) is 4.99. The highest BCUT2D eigenvalue weighted by Crippen LogP contribution is 2.13. The number of carbonyl (C=O) groups excluding carboxylic acids is 1. The lowest BCUT2D eigenvalue weighted by atomic mass is 10.1. The van der Waals surface area contributed by atoms with E-state index in [-0.39, 0.29) is 18.4 Å². The molecule has 1 aromatic carbocycles. The summed E-state index contributed by atoms with van der Waals surface area (Å²) in [5.74, 6) is 0.0777. The normalized spacial score (nSPS) is 12.2. The molecule has 3 nitrogen and oxygen atoms in total. The van der Waals surface area contributed by atoms with Gasteiger partial charge in [-0.25, -0.2) is 0 Å². The van der Waals surface area contributed by atoms with Gasteiger partial charge >= 0.3 is 0 Å². The number of ketones is 1. The molecular weight excluding hydrogens is 202 g/mol. The van der Waals surface area contributed by atoms with Crippen LogP contribution in [-0.2, 0) is 0 Å². The fourth-order valence-electron chi connectivity index (χ4n) is 1.57. The first-order valence-electron chi connectivity index (χ1n) is 5.65. The highest BCUT2D eigenvalue weighted by Gasteiger charge is 2.05. The van der Waals surface area contributed by atoms with Gasteiger partial charge in [0.05, 0.1) is 0 Å². The second-order valence-electron chi connectivity index (χ2n) is 3.90. The SMILES string of the molecule is CCC(CCO)Nc1ccc(C(C)=O)cc1. The van der Waals surface area contributed by atoms with E-state index in [0.29, 0.717) is 0 Å². The van der Waals surface area contributed by atoms with Crippen LogP contribution in [0, 0.1) is 0 Å². The Labute approximate surface area is 96.5 Å². The Morgan fingerprint density at radius 3 is 2.44 bits per heavy atom. The molecule has 0 bridgehead atoms. The predicted octanol–water partition coefficient (Wildman–Crippen LogP) is 2.46. The first kappa shape index (κ1) is 12.7. The van der Waals surface area contributed by atoms with Crippen LogP contribution in [-0.4, -0.2) is 23.5 Å². The second kappa shape index (κ2) is 6.28. The van der Waals surface area contributed by atoms with E-state index in [9.17, 15) is 4.79 Å². The van der Waals surface area contributed by atoms with Crippen LogP contribution in [0.5, 0.6) is 0 Å². The van der Waals surface area contributed by atoms with E-state index < -0.39 is 0 Å². The maximum Gasteiger partial charge on any atom is 0.159 e. The summed E-state index contributed by atoms with van der Waals surface area (Å²) in [6, 6.07) is 7.72. The summed E-state index contributed by atoms with van der Waals surface area (Å²) in [7, 11) is 0. The fraction of sp³-hybridized carbons (Fsp3) is 0.462. The number of rotatable bonds is 6. The van der Waals surface area contributed by atoms with Crippen LogP contribution in [0.1, 0.15) is 37.0 Å². The van der Waals surface area contributed by atoms with Gasteiger partial charge in [-0.05, 0) is 44.0 Å². The van der Waals surface area contributed by atoms with Crippen molar-refractivity contribution in [1.82, 2.24) is 0 Å². The monoisotopic (exact) mass is 221 g/mol. The van der Waals surface area contributed by atoms with Crippen molar-refractivity contribution in [2.45, 2.75) is 32.7 Å². The topological polar surface area (TPSA) is 49.3 Å². The van der Waals surface area contributed by atoms with Crippen LogP contribution < -0.4 is 5.32 Å². The van der Waals surface area contributed by atoms with Gasteiger partial charge in [0.25, 0.3) is 0 Å². The Bertz CT molecular complexity index is 332. The molecule has 0 spiro atoms. The van der Waals surface area contributed by atoms with Crippen LogP contribution in [0.4, 0.5) is 5.69 Å². The van der Waals surface area contributed by atoms with Crippen LogP contribution in [0.15, 0.2) is 24.3 Å². The first-order chi connectivity index (χ1) is 7.67. The number of Topliss-reactive ketones (excluding diaryl/α,β-unsaturated/α-hetero) is 1. The van der Waals surface area contributed by atoms with Crippen molar-refractivity contribution >= 4 is 11.5 Å². The smallest absolute Gasteiger partial charge is 0.159 e. The third-order valence-electron chi connectivity index (χ3n) is 2.63. The standard InChI is InChI=1S/C13H19NO2/c1-3-12(8-9-15)14-13-6-4-11(5-7-13)10(2)16/h4-7,12,14-15H,3,8-9H2,1-2H3. The molecule has 0 aliphatic carbocycles. The first-order valence-corrected chi connectivity index (χ1v) is 5.65. The molecule has 0 radical (unpaired) electrons. The average Bonchev–Trinajstić information content (AvgIpc) is 2.29. The molecule has 0 fully saturated rings. The number of nitrogens with one attached hydrogen (secondary N) is 1. The van der Waals surface area contributed by atoms with E-state index in [1.165, 1.54) is 0 Å².